The number of Topliss-reactive ketones (excluding diaryl/α,β-unsaturated/α-hetero) is 1. The molecule has 1 heterocycles. The number of hydrogen-bond donors (Lipinski definition) is 1. The molecular weight excluding hydrogens is 190 g/mol. The van der Waals surface area contributed by atoms with Gasteiger partial charge in [-0.2, -0.15) is 0 Å². The molecule has 1 aromatic carbocycles. The summed E-state index contributed by atoms with van der Waals surface area (Å²) in [6, 6.07) is 5.80. The minimum Gasteiger partial charge on any atom is -0.384 e. The SMILES string of the molecule is CCOCC(=O)c1ccc2c(c1)CCN2. The molecule has 0 bridgehead atoms. The summed E-state index contributed by atoms with van der Waals surface area (Å²) in [6.07, 6.45) is 1.01. The van der Waals surface area contributed by atoms with Crippen molar-refractivity contribution in [2.75, 3.05) is 25.1 Å². The van der Waals surface area contributed by atoms with E-state index in [1.165, 1.54) is 5.56 Å². The number of ketones is 1. The predicted octanol–water partition coefficient (Wildman–Crippen LogP) is 1.87. The number of benzene rings is 1. The Morgan fingerprint density at radius 3 is 3.20 bits per heavy atom. The van der Waals surface area contributed by atoms with Gasteiger partial charge in [0.15, 0.2) is 5.78 Å². The van der Waals surface area contributed by atoms with Crippen LogP contribution in [0.5, 0.6) is 0 Å². The first-order valence-electron chi connectivity index (χ1n) is 5.29. The van der Waals surface area contributed by atoms with Crippen molar-refractivity contribution in [2.45, 2.75) is 13.3 Å². The molecule has 0 atom stereocenters. The second-order valence-electron chi connectivity index (χ2n) is 3.61. The fraction of sp³-hybridized carbons (Fsp3) is 0.417. The first kappa shape index (κ1) is 10.2. The van der Waals surface area contributed by atoms with E-state index in [1.807, 2.05) is 25.1 Å². The summed E-state index contributed by atoms with van der Waals surface area (Å²) in [6.45, 7) is 3.62. The van der Waals surface area contributed by atoms with E-state index in [2.05, 4.69) is 5.32 Å². The van der Waals surface area contributed by atoms with Gasteiger partial charge in [0.25, 0.3) is 0 Å². The summed E-state index contributed by atoms with van der Waals surface area (Å²) in [5.74, 6) is 0.0616. The van der Waals surface area contributed by atoms with Crippen molar-refractivity contribution >= 4 is 11.5 Å². The zero-order valence-corrected chi connectivity index (χ0v) is 8.88. The fourth-order valence-corrected chi connectivity index (χ4v) is 1.76. The molecule has 1 aliphatic rings. The van der Waals surface area contributed by atoms with Gasteiger partial charge in [-0.25, -0.2) is 0 Å². The Morgan fingerprint density at radius 2 is 2.40 bits per heavy atom. The van der Waals surface area contributed by atoms with Gasteiger partial charge in [0.2, 0.25) is 0 Å². The lowest BCUT2D eigenvalue weighted by molar-refractivity contribution is 0.0783. The van der Waals surface area contributed by atoms with Crippen molar-refractivity contribution < 1.29 is 9.53 Å². The smallest absolute Gasteiger partial charge is 0.188 e. The van der Waals surface area contributed by atoms with E-state index in [9.17, 15) is 4.79 Å². The van der Waals surface area contributed by atoms with Crippen LogP contribution in [0.1, 0.15) is 22.8 Å². The molecular formula is C12H15NO2. The van der Waals surface area contributed by atoms with Crippen LogP contribution in [0, 0.1) is 0 Å². The van der Waals surface area contributed by atoms with Gasteiger partial charge in [0.05, 0.1) is 0 Å². The number of hydrogen-bond acceptors (Lipinski definition) is 3. The van der Waals surface area contributed by atoms with Crippen LogP contribution in [0.25, 0.3) is 0 Å². The molecule has 1 aromatic rings. The Labute approximate surface area is 89.4 Å². The highest BCUT2D eigenvalue weighted by Crippen LogP contribution is 2.23. The van der Waals surface area contributed by atoms with Gasteiger partial charge in [0.1, 0.15) is 6.61 Å². The first-order valence-corrected chi connectivity index (χ1v) is 5.29. The van der Waals surface area contributed by atoms with Crippen molar-refractivity contribution in [3.63, 3.8) is 0 Å². The quantitative estimate of drug-likeness (QED) is 0.763. The van der Waals surface area contributed by atoms with Gasteiger partial charge in [-0.05, 0) is 37.1 Å². The molecule has 1 aliphatic heterocycles. The van der Waals surface area contributed by atoms with Crippen molar-refractivity contribution in [1.82, 2.24) is 0 Å². The maximum atomic E-state index is 11.7. The number of carbonyl (C=O) groups is 1. The zero-order chi connectivity index (χ0) is 10.7. The molecule has 0 amide bonds. The van der Waals surface area contributed by atoms with Crippen LogP contribution in [-0.2, 0) is 11.2 Å². The largest absolute Gasteiger partial charge is 0.384 e. The molecule has 3 nitrogen and oxygen atoms in total. The minimum absolute atomic E-state index is 0.0616. The number of anilines is 1. The van der Waals surface area contributed by atoms with E-state index in [0.717, 1.165) is 24.2 Å². The van der Waals surface area contributed by atoms with E-state index in [1.54, 1.807) is 0 Å². The molecule has 0 unspecified atom stereocenters. The minimum atomic E-state index is 0.0616. The summed E-state index contributed by atoms with van der Waals surface area (Å²) in [7, 11) is 0. The van der Waals surface area contributed by atoms with Gasteiger partial charge >= 0.3 is 0 Å². The monoisotopic (exact) mass is 205 g/mol. The zero-order valence-electron chi connectivity index (χ0n) is 8.88. The van der Waals surface area contributed by atoms with Crippen molar-refractivity contribution in [1.29, 1.82) is 0 Å². The van der Waals surface area contributed by atoms with Crippen LogP contribution in [0.4, 0.5) is 5.69 Å². The molecule has 1 N–H and O–H groups in total. The van der Waals surface area contributed by atoms with Crippen LogP contribution >= 0.6 is 0 Å². The van der Waals surface area contributed by atoms with E-state index >= 15 is 0 Å². The average molecular weight is 205 g/mol. The van der Waals surface area contributed by atoms with Crippen LogP contribution < -0.4 is 5.32 Å². The summed E-state index contributed by atoms with van der Waals surface area (Å²) >= 11 is 0. The maximum absolute atomic E-state index is 11.7. The molecule has 0 aromatic heterocycles. The van der Waals surface area contributed by atoms with Gasteiger partial charge in [-0.15, -0.1) is 0 Å². The lowest BCUT2D eigenvalue weighted by Crippen LogP contribution is -2.09. The number of ether oxygens (including phenoxy) is 1. The summed E-state index contributed by atoms with van der Waals surface area (Å²) < 4.78 is 5.10. The highest BCUT2D eigenvalue weighted by atomic mass is 16.5. The number of rotatable bonds is 4. The molecule has 0 saturated carbocycles. The fourth-order valence-electron chi connectivity index (χ4n) is 1.76. The van der Waals surface area contributed by atoms with E-state index in [0.29, 0.717) is 6.61 Å². The van der Waals surface area contributed by atoms with Crippen LogP contribution in [-0.4, -0.2) is 25.5 Å². The molecule has 0 aliphatic carbocycles. The Morgan fingerprint density at radius 1 is 1.53 bits per heavy atom. The molecule has 0 saturated heterocycles. The molecule has 0 spiro atoms. The van der Waals surface area contributed by atoms with E-state index in [-0.39, 0.29) is 12.4 Å². The van der Waals surface area contributed by atoms with Crippen LogP contribution in [0.15, 0.2) is 18.2 Å². The Hall–Kier alpha value is -1.35. The second kappa shape index (κ2) is 4.45. The lowest BCUT2D eigenvalue weighted by atomic mass is 10.1. The Balaban J connectivity index is 2.12. The Kier molecular flexibility index (Phi) is 3.02. The number of fused-ring (bicyclic) bond motifs is 1. The summed E-state index contributed by atoms with van der Waals surface area (Å²) in [5, 5.41) is 3.27. The normalized spacial score (nSPS) is 13.4. The summed E-state index contributed by atoms with van der Waals surface area (Å²) in [4.78, 5) is 11.7. The van der Waals surface area contributed by atoms with Gasteiger partial charge in [-0.1, -0.05) is 0 Å². The topological polar surface area (TPSA) is 38.3 Å². The third-order valence-corrected chi connectivity index (χ3v) is 2.57. The standard InChI is InChI=1S/C12H15NO2/c1-2-15-8-12(14)10-3-4-11-9(7-10)5-6-13-11/h3-4,7,13H,2,5-6,8H2,1H3. The van der Waals surface area contributed by atoms with Gasteiger partial charge in [-0.3, -0.25) is 4.79 Å². The first-order chi connectivity index (χ1) is 7.31. The van der Waals surface area contributed by atoms with Gasteiger partial charge in [0, 0.05) is 24.4 Å². The Bertz CT molecular complexity index is 374. The second-order valence-corrected chi connectivity index (χ2v) is 3.61. The molecule has 15 heavy (non-hydrogen) atoms. The number of carbonyl (C=O) groups excluding carboxylic acids is 1. The van der Waals surface area contributed by atoms with Crippen molar-refractivity contribution in [3.05, 3.63) is 29.3 Å². The molecule has 80 valence electrons. The van der Waals surface area contributed by atoms with Crippen molar-refractivity contribution in [3.8, 4) is 0 Å². The average Bonchev–Trinajstić information content (AvgIpc) is 2.72. The third kappa shape index (κ3) is 2.18. The molecule has 2 rings (SSSR count). The van der Waals surface area contributed by atoms with Crippen LogP contribution in [0.2, 0.25) is 0 Å². The third-order valence-electron chi connectivity index (χ3n) is 2.57. The van der Waals surface area contributed by atoms with E-state index < -0.39 is 0 Å². The molecule has 0 fully saturated rings. The predicted molar refractivity (Wildman–Crippen MR) is 59.5 cm³/mol. The highest BCUT2D eigenvalue weighted by molar-refractivity contribution is 5.97. The maximum Gasteiger partial charge on any atom is 0.188 e. The lowest BCUT2D eigenvalue weighted by Gasteiger charge is -2.04. The van der Waals surface area contributed by atoms with Crippen molar-refractivity contribution in [2.24, 2.45) is 0 Å². The highest BCUT2D eigenvalue weighted by Gasteiger charge is 2.13. The van der Waals surface area contributed by atoms with E-state index in [4.69, 9.17) is 4.74 Å². The molecule has 0 radical (unpaired) electrons. The molecule has 3 heteroatoms. The van der Waals surface area contributed by atoms with Crippen LogP contribution in [0.3, 0.4) is 0 Å². The summed E-state index contributed by atoms with van der Waals surface area (Å²) in [5.41, 5.74) is 3.14. The van der Waals surface area contributed by atoms with Gasteiger partial charge < -0.3 is 10.1 Å². The number of nitrogens with one attached hydrogen (secondary N) is 1.